The van der Waals surface area contributed by atoms with Crippen LogP contribution < -0.4 is 15.4 Å². The van der Waals surface area contributed by atoms with E-state index in [0.717, 1.165) is 11.3 Å². The second-order valence-electron chi connectivity index (χ2n) is 6.99. The van der Waals surface area contributed by atoms with Crippen molar-refractivity contribution in [2.45, 2.75) is 32.7 Å². The van der Waals surface area contributed by atoms with Crippen LogP contribution in [0, 0.1) is 0 Å². The third kappa shape index (κ3) is 5.88. The highest BCUT2D eigenvalue weighted by Gasteiger charge is 2.17. The summed E-state index contributed by atoms with van der Waals surface area (Å²) in [4.78, 5) is 28.5. The number of carbonyl (C=O) groups is 2. The Balaban J connectivity index is 1.92. The highest BCUT2D eigenvalue weighted by Crippen LogP contribution is 2.11. The van der Waals surface area contributed by atoms with Crippen molar-refractivity contribution in [2.75, 3.05) is 13.7 Å². The number of benzene rings is 1. The van der Waals surface area contributed by atoms with Crippen LogP contribution in [0.1, 0.15) is 47.2 Å². The van der Waals surface area contributed by atoms with E-state index in [4.69, 9.17) is 4.74 Å². The molecule has 2 N–H and O–H groups in total. The summed E-state index contributed by atoms with van der Waals surface area (Å²) in [6.07, 6.45) is 2.16. The molecule has 1 aromatic heterocycles. The van der Waals surface area contributed by atoms with Crippen molar-refractivity contribution in [1.82, 2.24) is 15.6 Å². The fourth-order valence-corrected chi connectivity index (χ4v) is 2.31. The summed E-state index contributed by atoms with van der Waals surface area (Å²) >= 11 is 0. The second-order valence-corrected chi connectivity index (χ2v) is 6.99. The predicted octanol–water partition coefficient (Wildman–Crippen LogP) is 2.59. The van der Waals surface area contributed by atoms with E-state index in [1.807, 2.05) is 45.0 Å². The maximum absolute atomic E-state index is 12.3. The fourth-order valence-electron chi connectivity index (χ4n) is 2.31. The number of carbonyl (C=O) groups excluding carboxylic acids is 2. The van der Waals surface area contributed by atoms with Crippen LogP contribution in [0.5, 0.6) is 5.75 Å². The number of ether oxygens (including phenoxy) is 1. The molecule has 6 nitrogen and oxygen atoms in total. The monoisotopic (exact) mass is 355 g/mol. The number of amides is 2. The van der Waals surface area contributed by atoms with Crippen molar-refractivity contribution in [3.05, 3.63) is 59.4 Å². The average molecular weight is 355 g/mol. The van der Waals surface area contributed by atoms with E-state index in [-0.39, 0.29) is 23.0 Å². The van der Waals surface area contributed by atoms with Crippen molar-refractivity contribution < 1.29 is 14.3 Å². The zero-order valence-corrected chi connectivity index (χ0v) is 15.6. The molecular formula is C20H25N3O3. The van der Waals surface area contributed by atoms with Gasteiger partial charge in [0, 0.05) is 23.8 Å². The van der Waals surface area contributed by atoms with E-state index in [0.29, 0.717) is 18.5 Å². The molecule has 0 radical (unpaired) electrons. The minimum Gasteiger partial charge on any atom is -0.497 e. The minimum absolute atomic E-state index is 0.223. The van der Waals surface area contributed by atoms with E-state index in [1.165, 1.54) is 12.3 Å². The van der Waals surface area contributed by atoms with Gasteiger partial charge >= 0.3 is 0 Å². The summed E-state index contributed by atoms with van der Waals surface area (Å²) in [7, 11) is 1.62. The first-order chi connectivity index (χ1) is 12.3. The lowest BCUT2D eigenvalue weighted by Gasteiger charge is -2.20. The van der Waals surface area contributed by atoms with Crippen LogP contribution in [-0.2, 0) is 6.42 Å². The average Bonchev–Trinajstić information content (AvgIpc) is 2.61. The van der Waals surface area contributed by atoms with Gasteiger partial charge in [0.15, 0.2) is 0 Å². The van der Waals surface area contributed by atoms with Crippen molar-refractivity contribution in [3.63, 3.8) is 0 Å². The van der Waals surface area contributed by atoms with Crippen LogP contribution in [0.15, 0.2) is 42.6 Å². The van der Waals surface area contributed by atoms with Crippen molar-refractivity contribution in [1.29, 1.82) is 0 Å². The molecule has 0 atom stereocenters. The molecule has 0 saturated carbocycles. The quantitative estimate of drug-likeness (QED) is 0.835. The maximum atomic E-state index is 12.3. The standard InChI is InChI=1S/C20H25N3O3/c1-20(2,3)23-18(24)15-10-12-21-17(13-15)19(25)22-11-9-14-5-7-16(26-4)8-6-14/h5-8,10,12-13H,9,11H2,1-4H3,(H,22,25)(H,23,24). The molecule has 0 fully saturated rings. The molecular weight excluding hydrogens is 330 g/mol. The van der Waals surface area contributed by atoms with Crippen molar-refractivity contribution in [3.8, 4) is 5.75 Å². The molecule has 0 aliphatic carbocycles. The zero-order chi connectivity index (χ0) is 19.2. The summed E-state index contributed by atoms with van der Waals surface area (Å²) in [5.41, 5.74) is 1.38. The van der Waals surface area contributed by atoms with Gasteiger partial charge in [0.05, 0.1) is 7.11 Å². The molecule has 1 heterocycles. The largest absolute Gasteiger partial charge is 0.497 e. The Labute approximate surface area is 154 Å². The lowest BCUT2D eigenvalue weighted by Crippen LogP contribution is -2.40. The zero-order valence-electron chi connectivity index (χ0n) is 15.6. The minimum atomic E-state index is -0.346. The van der Waals surface area contributed by atoms with Crippen LogP contribution in [0.2, 0.25) is 0 Å². The number of nitrogens with one attached hydrogen (secondary N) is 2. The van der Waals surface area contributed by atoms with Gasteiger partial charge in [-0.15, -0.1) is 0 Å². The summed E-state index contributed by atoms with van der Waals surface area (Å²) in [5.74, 6) is 0.267. The van der Waals surface area contributed by atoms with E-state index in [2.05, 4.69) is 15.6 Å². The number of hydrogen-bond donors (Lipinski definition) is 2. The van der Waals surface area contributed by atoms with E-state index < -0.39 is 0 Å². The van der Waals surface area contributed by atoms with Gasteiger partial charge in [-0.05, 0) is 57.0 Å². The molecule has 0 saturated heterocycles. The number of methoxy groups -OCH3 is 1. The van der Waals surface area contributed by atoms with Gasteiger partial charge in [-0.3, -0.25) is 14.6 Å². The Kier molecular flexibility index (Phi) is 6.33. The van der Waals surface area contributed by atoms with Gasteiger partial charge in [-0.2, -0.15) is 0 Å². The van der Waals surface area contributed by atoms with E-state index >= 15 is 0 Å². The van der Waals surface area contributed by atoms with Crippen LogP contribution >= 0.6 is 0 Å². The van der Waals surface area contributed by atoms with Gasteiger partial charge in [0.1, 0.15) is 11.4 Å². The van der Waals surface area contributed by atoms with E-state index in [9.17, 15) is 9.59 Å². The number of rotatable bonds is 6. The topological polar surface area (TPSA) is 80.3 Å². The van der Waals surface area contributed by atoms with Gasteiger partial charge in [-0.1, -0.05) is 12.1 Å². The molecule has 0 aliphatic rings. The first kappa shape index (κ1) is 19.4. The molecule has 0 unspecified atom stereocenters. The Morgan fingerprint density at radius 1 is 1.08 bits per heavy atom. The van der Waals surface area contributed by atoms with Crippen LogP contribution in [0.3, 0.4) is 0 Å². The highest BCUT2D eigenvalue weighted by molar-refractivity contribution is 5.98. The summed E-state index contributed by atoms with van der Waals surface area (Å²) in [6, 6.07) is 10.8. The first-order valence-electron chi connectivity index (χ1n) is 8.48. The van der Waals surface area contributed by atoms with Crippen LogP contribution in [-0.4, -0.2) is 36.0 Å². The first-order valence-corrected chi connectivity index (χ1v) is 8.48. The molecule has 6 heteroatoms. The molecule has 0 bridgehead atoms. The smallest absolute Gasteiger partial charge is 0.269 e. The van der Waals surface area contributed by atoms with Crippen LogP contribution in [0.25, 0.3) is 0 Å². The predicted molar refractivity (Wildman–Crippen MR) is 100 cm³/mol. The van der Waals surface area contributed by atoms with Gasteiger partial charge < -0.3 is 15.4 Å². The summed E-state index contributed by atoms with van der Waals surface area (Å²) in [5, 5.41) is 5.69. The lowest BCUT2D eigenvalue weighted by molar-refractivity contribution is 0.0919. The van der Waals surface area contributed by atoms with Crippen molar-refractivity contribution >= 4 is 11.8 Å². The summed E-state index contributed by atoms with van der Waals surface area (Å²) < 4.78 is 5.12. The molecule has 26 heavy (non-hydrogen) atoms. The molecule has 2 aromatic rings. The number of nitrogens with zero attached hydrogens (tertiary/aromatic N) is 1. The molecule has 2 amide bonds. The maximum Gasteiger partial charge on any atom is 0.269 e. The van der Waals surface area contributed by atoms with Gasteiger partial charge in [-0.25, -0.2) is 0 Å². The van der Waals surface area contributed by atoms with Gasteiger partial charge in [0.2, 0.25) is 0 Å². The highest BCUT2D eigenvalue weighted by atomic mass is 16.5. The SMILES string of the molecule is COc1ccc(CCNC(=O)c2cc(C(=O)NC(C)(C)C)ccn2)cc1. The van der Waals surface area contributed by atoms with E-state index in [1.54, 1.807) is 13.2 Å². The van der Waals surface area contributed by atoms with Crippen LogP contribution in [0.4, 0.5) is 0 Å². The Morgan fingerprint density at radius 2 is 1.77 bits per heavy atom. The number of hydrogen-bond acceptors (Lipinski definition) is 4. The molecule has 2 rings (SSSR count). The molecule has 0 aliphatic heterocycles. The number of pyridine rings is 1. The second kappa shape index (κ2) is 8.47. The van der Waals surface area contributed by atoms with Gasteiger partial charge in [0.25, 0.3) is 11.8 Å². The third-order valence-electron chi connectivity index (χ3n) is 3.60. The summed E-state index contributed by atoms with van der Waals surface area (Å²) in [6.45, 7) is 6.18. The number of aromatic nitrogens is 1. The normalized spacial score (nSPS) is 10.9. The molecule has 1 aromatic carbocycles. The molecule has 138 valence electrons. The Hall–Kier alpha value is -2.89. The Bertz CT molecular complexity index is 765. The fraction of sp³-hybridized carbons (Fsp3) is 0.350. The van der Waals surface area contributed by atoms with Crippen molar-refractivity contribution in [2.24, 2.45) is 0 Å². The Morgan fingerprint density at radius 3 is 2.38 bits per heavy atom. The molecule has 0 spiro atoms. The third-order valence-corrected chi connectivity index (χ3v) is 3.60. The lowest BCUT2D eigenvalue weighted by atomic mass is 10.1.